The van der Waals surface area contributed by atoms with Crippen LogP contribution in [0, 0.1) is 13.8 Å². The smallest absolute Gasteiger partial charge is 0.332 e. The molecule has 208 valence electrons. The maximum Gasteiger partial charge on any atom is 0.332 e. The Kier molecular flexibility index (Phi) is 7.78. The zero-order valence-electron chi connectivity index (χ0n) is 23.5. The number of benzene rings is 3. The summed E-state index contributed by atoms with van der Waals surface area (Å²) in [7, 11) is 3.04. The maximum absolute atomic E-state index is 13.9. The fourth-order valence-corrected chi connectivity index (χ4v) is 5.39. The molecule has 0 atom stereocenters. The molecular formula is C32H35N3O5. The molecule has 0 unspecified atom stereocenters. The van der Waals surface area contributed by atoms with Gasteiger partial charge in [0.15, 0.2) is 11.5 Å². The SMILES string of the molecule is COc1cc2c(=O)n(Cc3ccc(C(=O)N4CCCCC4)cc3)c(=O)n(Cc3cc(C)ccc3C)c2cc1OC. The largest absolute Gasteiger partial charge is 0.493 e. The molecule has 0 aliphatic carbocycles. The molecule has 0 bridgehead atoms. The Labute approximate surface area is 233 Å². The van der Waals surface area contributed by atoms with E-state index in [9.17, 15) is 14.4 Å². The van der Waals surface area contributed by atoms with Crippen LogP contribution in [0.15, 0.2) is 64.2 Å². The Morgan fingerprint density at radius 1 is 0.800 bits per heavy atom. The van der Waals surface area contributed by atoms with Gasteiger partial charge in [0.2, 0.25) is 0 Å². The zero-order chi connectivity index (χ0) is 28.4. The minimum absolute atomic E-state index is 0.0195. The molecule has 8 nitrogen and oxygen atoms in total. The first-order valence-corrected chi connectivity index (χ1v) is 13.6. The van der Waals surface area contributed by atoms with Crippen LogP contribution in [-0.2, 0) is 13.1 Å². The second-order valence-electron chi connectivity index (χ2n) is 10.5. The van der Waals surface area contributed by atoms with Crippen LogP contribution >= 0.6 is 0 Å². The monoisotopic (exact) mass is 541 g/mol. The number of aryl methyl sites for hydroxylation is 2. The van der Waals surface area contributed by atoms with Gasteiger partial charge in [-0.15, -0.1) is 0 Å². The number of nitrogens with zero attached hydrogens (tertiary/aromatic N) is 3. The lowest BCUT2D eigenvalue weighted by Crippen LogP contribution is -2.40. The molecule has 0 saturated carbocycles. The van der Waals surface area contributed by atoms with Crippen LogP contribution in [-0.4, -0.2) is 47.3 Å². The van der Waals surface area contributed by atoms with Crippen LogP contribution in [0.2, 0.25) is 0 Å². The van der Waals surface area contributed by atoms with E-state index < -0.39 is 11.2 Å². The fraction of sp³-hybridized carbons (Fsp3) is 0.344. The van der Waals surface area contributed by atoms with Gasteiger partial charge in [0.25, 0.3) is 11.5 Å². The molecule has 8 heteroatoms. The van der Waals surface area contributed by atoms with Crippen molar-refractivity contribution in [3.8, 4) is 11.5 Å². The van der Waals surface area contributed by atoms with E-state index >= 15 is 0 Å². The molecule has 4 aromatic rings. The van der Waals surface area contributed by atoms with Gasteiger partial charge < -0.3 is 14.4 Å². The minimum atomic E-state index is -0.418. The highest BCUT2D eigenvalue weighted by atomic mass is 16.5. The number of hydrogen-bond acceptors (Lipinski definition) is 5. The summed E-state index contributed by atoms with van der Waals surface area (Å²) < 4.78 is 13.8. The van der Waals surface area contributed by atoms with Crippen molar-refractivity contribution in [3.05, 3.63) is 103 Å². The maximum atomic E-state index is 13.9. The highest BCUT2D eigenvalue weighted by Gasteiger charge is 2.20. The second-order valence-corrected chi connectivity index (χ2v) is 10.5. The number of aromatic nitrogens is 2. The molecule has 1 saturated heterocycles. The molecule has 0 spiro atoms. The fourth-order valence-electron chi connectivity index (χ4n) is 5.39. The number of fused-ring (bicyclic) bond motifs is 1. The van der Waals surface area contributed by atoms with Gasteiger partial charge in [0, 0.05) is 24.7 Å². The molecule has 2 heterocycles. The predicted molar refractivity (Wildman–Crippen MR) is 156 cm³/mol. The van der Waals surface area contributed by atoms with Crippen molar-refractivity contribution >= 4 is 16.8 Å². The molecule has 1 amide bonds. The molecule has 0 radical (unpaired) electrons. The quantitative estimate of drug-likeness (QED) is 0.344. The number of ether oxygens (including phenoxy) is 2. The number of carbonyl (C=O) groups is 1. The van der Waals surface area contributed by atoms with E-state index in [1.165, 1.54) is 18.8 Å². The van der Waals surface area contributed by atoms with Gasteiger partial charge in [-0.05, 0) is 68.0 Å². The van der Waals surface area contributed by atoms with Gasteiger partial charge >= 0.3 is 5.69 Å². The number of carbonyl (C=O) groups excluding carboxylic acids is 1. The minimum Gasteiger partial charge on any atom is -0.493 e. The standard InChI is InChI=1S/C32H35N3O5/c1-21-8-9-22(2)25(16-21)20-34-27-18-29(40-4)28(39-3)17-26(27)31(37)35(32(34)38)19-23-10-12-24(13-11-23)30(36)33-14-6-5-7-15-33/h8-13,16-18H,5-7,14-15,19-20H2,1-4H3. The van der Waals surface area contributed by atoms with Crippen LogP contribution in [0.5, 0.6) is 11.5 Å². The number of likely N-dealkylation sites (tertiary alicyclic amines) is 1. The average Bonchev–Trinajstić information content (AvgIpc) is 2.98. The summed E-state index contributed by atoms with van der Waals surface area (Å²) in [5.74, 6) is 0.873. The number of hydrogen-bond donors (Lipinski definition) is 0. The summed E-state index contributed by atoms with van der Waals surface area (Å²) in [5, 5.41) is 0.361. The van der Waals surface area contributed by atoms with Gasteiger partial charge in [-0.2, -0.15) is 0 Å². The summed E-state index contributed by atoms with van der Waals surface area (Å²) >= 11 is 0. The summed E-state index contributed by atoms with van der Waals surface area (Å²) in [6.45, 7) is 5.95. The van der Waals surface area contributed by atoms with Gasteiger partial charge in [0.05, 0.1) is 38.2 Å². The third-order valence-electron chi connectivity index (χ3n) is 7.75. The molecule has 0 N–H and O–H groups in total. The lowest BCUT2D eigenvalue weighted by molar-refractivity contribution is 0.0724. The number of amides is 1. The Morgan fingerprint density at radius 2 is 1.48 bits per heavy atom. The Balaban J connectivity index is 1.58. The van der Waals surface area contributed by atoms with Crippen molar-refractivity contribution in [2.45, 2.75) is 46.2 Å². The van der Waals surface area contributed by atoms with E-state index in [1.54, 1.807) is 28.8 Å². The van der Waals surface area contributed by atoms with Gasteiger partial charge in [-0.25, -0.2) is 4.79 Å². The lowest BCUT2D eigenvalue weighted by Gasteiger charge is -2.26. The summed E-state index contributed by atoms with van der Waals surface area (Å²) in [5.41, 5.74) is 4.15. The normalized spacial score (nSPS) is 13.4. The molecule has 5 rings (SSSR count). The molecule has 1 aliphatic heterocycles. The Hall–Kier alpha value is -4.33. The van der Waals surface area contributed by atoms with E-state index in [0.29, 0.717) is 34.5 Å². The van der Waals surface area contributed by atoms with Crippen LogP contribution in [0.4, 0.5) is 0 Å². The van der Waals surface area contributed by atoms with Crippen LogP contribution < -0.4 is 20.7 Å². The van der Waals surface area contributed by atoms with E-state index in [4.69, 9.17) is 9.47 Å². The second kappa shape index (κ2) is 11.4. The van der Waals surface area contributed by atoms with Crippen molar-refractivity contribution in [2.24, 2.45) is 0 Å². The first-order chi connectivity index (χ1) is 19.3. The molecule has 1 aromatic heterocycles. The summed E-state index contributed by atoms with van der Waals surface area (Å²) in [6, 6.07) is 16.6. The van der Waals surface area contributed by atoms with Crippen LogP contribution in [0.1, 0.15) is 51.9 Å². The highest BCUT2D eigenvalue weighted by Crippen LogP contribution is 2.31. The molecule has 1 aliphatic rings. The van der Waals surface area contributed by atoms with Crippen molar-refractivity contribution in [1.82, 2.24) is 14.0 Å². The number of methoxy groups -OCH3 is 2. The van der Waals surface area contributed by atoms with E-state index in [-0.39, 0.29) is 12.5 Å². The van der Waals surface area contributed by atoms with Gasteiger partial charge in [-0.1, -0.05) is 35.9 Å². The third-order valence-corrected chi connectivity index (χ3v) is 7.75. The first-order valence-electron chi connectivity index (χ1n) is 13.6. The average molecular weight is 542 g/mol. The van der Waals surface area contributed by atoms with Crippen molar-refractivity contribution in [3.63, 3.8) is 0 Å². The zero-order valence-corrected chi connectivity index (χ0v) is 23.5. The van der Waals surface area contributed by atoms with E-state index in [0.717, 1.165) is 54.6 Å². The topological polar surface area (TPSA) is 82.8 Å². The van der Waals surface area contributed by atoms with E-state index in [2.05, 4.69) is 6.07 Å². The van der Waals surface area contributed by atoms with Crippen molar-refractivity contribution in [2.75, 3.05) is 27.3 Å². The van der Waals surface area contributed by atoms with Crippen LogP contribution in [0.3, 0.4) is 0 Å². The van der Waals surface area contributed by atoms with Gasteiger partial charge in [0.1, 0.15) is 0 Å². The Bertz CT molecular complexity index is 1680. The van der Waals surface area contributed by atoms with Gasteiger partial charge in [-0.3, -0.25) is 18.7 Å². The number of rotatable bonds is 7. The first kappa shape index (κ1) is 27.2. The van der Waals surface area contributed by atoms with Crippen molar-refractivity contribution < 1.29 is 14.3 Å². The van der Waals surface area contributed by atoms with Crippen molar-refractivity contribution in [1.29, 1.82) is 0 Å². The highest BCUT2D eigenvalue weighted by molar-refractivity contribution is 5.94. The van der Waals surface area contributed by atoms with Crippen LogP contribution in [0.25, 0.3) is 10.9 Å². The molecule has 1 fully saturated rings. The summed E-state index contributed by atoms with van der Waals surface area (Å²) in [4.78, 5) is 42.4. The Morgan fingerprint density at radius 3 is 2.15 bits per heavy atom. The predicted octanol–water partition coefficient (Wildman–Crippen LogP) is 4.52. The molecular weight excluding hydrogens is 506 g/mol. The third kappa shape index (κ3) is 5.26. The number of piperidine rings is 1. The molecule has 3 aromatic carbocycles. The van der Waals surface area contributed by atoms with E-state index in [1.807, 2.05) is 43.0 Å². The molecule has 40 heavy (non-hydrogen) atoms. The lowest BCUT2D eigenvalue weighted by atomic mass is 10.1. The summed E-state index contributed by atoms with van der Waals surface area (Å²) in [6.07, 6.45) is 3.21.